The second kappa shape index (κ2) is 63.0. The highest BCUT2D eigenvalue weighted by Crippen LogP contribution is 2.40. The van der Waals surface area contributed by atoms with Crippen molar-refractivity contribution in [1.29, 1.82) is 0 Å². The Morgan fingerprint density at radius 2 is 0.839 bits per heavy atom. The minimum Gasteiger partial charge on any atom is -0.462 e. The Balaban J connectivity index is 0.718. The number of nitrogens with zero attached hydrogens (tertiary/aromatic N) is 6. The minimum atomic E-state index is -4.44. The van der Waals surface area contributed by atoms with Gasteiger partial charge in [0.15, 0.2) is 0 Å². The number of carbonyl (C=O) groups excluding carboxylic acids is 8. The minimum absolute atomic E-state index is 0.0168. The molecule has 19 N–H and O–H groups in total. The summed E-state index contributed by atoms with van der Waals surface area (Å²) in [5.41, 5.74) is 0.801. The lowest BCUT2D eigenvalue weighted by atomic mass is 9.97. The second-order valence-electron chi connectivity index (χ2n) is 35.3. The second-order valence-corrected chi connectivity index (χ2v) is 38.9. The van der Waals surface area contributed by atoms with Crippen molar-refractivity contribution in [3.8, 4) is 17.2 Å². The van der Waals surface area contributed by atoms with Crippen LogP contribution in [0.15, 0.2) is 60.9 Å². The van der Waals surface area contributed by atoms with Gasteiger partial charge in [-0.1, -0.05) is 10.4 Å². The van der Waals surface area contributed by atoms with E-state index in [0.29, 0.717) is 147 Å². The Morgan fingerprint density at radius 3 is 1.32 bits per heavy atom. The molecule has 3 aromatic carbocycles. The number of aromatic nitrogens is 6. The number of ether oxygens (including phenoxy) is 11. The predicted molar refractivity (Wildman–Crippen MR) is 499 cm³/mol. The fraction of sp³-hybridized carbons (Fsp3) is 0.667. The van der Waals surface area contributed by atoms with E-state index < -0.39 is 177 Å². The van der Waals surface area contributed by atoms with E-state index in [4.69, 9.17) is 47.4 Å². The molecule has 9 amide bonds. The number of carbonyl (C=O) groups is 8. The molecule has 4 heterocycles. The molecule has 0 radical (unpaired) electrons. The molecule has 2 fully saturated rings. The Labute approximate surface area is 823 Å². The number of hydrogen-bond donors (Lipinski definition) is 19. The van der Waals surface area contributed by atoms with E-state index in [-0.39, 0.29) is 153 Å². The highest BCUT2D eigenvalue weighted by Gasteiger charge is 2.47. The van der Waals surface area contributed by atoms with E-state index >= 15 is 0 Å². The van der Waals surface area contributed by atoms with Crippen molar-refractivity contribution in [2.75, 3.05) is 128 Å². The van der Waals surface area contributed by atoms with Crippen molar-refractivity contribution in [2.45, 2.75) is 267 Å². The van der Waals surface area contributed by atoms with E-state index in [1.807, 2.05) is 26.2 Å². The standard InChI is InChI=1S/C90H138F5N15O31P2/c1-89(2,136-46-35-90(3,4)135-45-31-71(115)141-83-75(94)73(92)72(91)74(93)76(83)95)34-40-98-69(113)30-44-131-48-50-133-52-53-134-51-49-132-47-41-99-84(122)64(18-7-12-36-96-67(111)19-8-13-42-109-56-60(105-107-109)16-5-10-37-100-87(123)102-58-22-26-62(27-23-58)137-85-81(120)79(118)77(116)65(139-85)32-54-142(125,126)127)104-70(114)21-15-39-97-68(112)20-9-14-43-110-57-61(106-108-110)17-6-11-38-101-88(124)103-59-24-28-63(29-25-59)138-86-82(121)80(119)78(117)66(140-86)33-55-143(128,129)130/h22-29,56-57,64-66,77-82,85-86,116-121H,5-21,30-55H2,1-4H3,(H,96,111)(H,97,112)(H,98,113)(H,99,122)(H,104,114)(H2,100,102,123)(H2,101,103,124)(H2,125,126,127)(H2,128,129,130)/t64-,65+,66+,77+,78+,79-,80-,81-,82-,85-,86-/m0/s1. The van der Waals surface area contributed by atoms with Crippen LogP contribution in [0.25, 0.3) is 0 Å². The lowest BCUT2D eigenvalue weighted by Gasteiger charge is -2.40. The number of amides is 9. The number of benzene rings is 3. The van der Waals surface area contributed by atoms with Gasteiger partial charge in [0.05, 0.1) is 120 Å². The predicted octanol–water partition coefficient (Wildman–Crippen LogP) is 4.13. The molecule has 2 aliphatic rings. The molecule has 46 nitrogen and oxygen atoms in total. The van der Waals surface area contributed by atoms with Crippen molar-refractivity contribution in [1.82, 2.24) is 67.2 Å². The fourth-order valence-electron chi connectivity index (χ4n) is 14.2. The fourth-order valence-corrected chi connectivity index (χ4v) is 15.4. The quantitative estimate of drug-likeness (QED) is 0.00495. The summed E-state index contributed by atoms with van der Waals surface area (Å²) in [6, 6.07) is 10.1. The summed E-state index contributed by atoms with van der Waals surface area (Å²) < 4.78 is 155. The summed E-state index contributed by atoms with van der Waals surface area (Å²) in [6.07, 6.45) is -4.93. The first-order chi connectivity index (χ1) is 68.0. The number of anilines is 2. The Bertz CT molecular complexity index is 4780. The van der Waals surface area contributed by atoms with Crippen molar-refractivity contribution >= 4 is 74.1 Å². The van der Waals surface area contributed by atoms with Gasteiger partial charge in [-0.05, 0) is 192 Å². The van der Waals surface area contributed by atoms with Gasteiger partial charge in [0.1, 0.15) is 54.2 Å². The number of aliphatic hydroxyl groups is 6. The highest BCUT2D eigenvalue weighted by molar-refractivity contribution is 7.52. The average Bonchev–Trinajstić information content (AvgIpc) is 1.50. The molecule has 5 aromatic rings. The van der Waals surface area contributed by atoms with Crippen LogP contribution in [0.1, 0.15) is 174 Å². The SMILES string of the molecule is CC(C)(CCNC(=O)CCOCCOCCOCCOCCNC(=O)[C@H](CCCCNC(=O)CCCCn1cc(CCCCNC(=O)Nc2ccc(O[C@H]3O[C@H](CCP(=O)(O)O)[C@@H](O)[C@H](O)[C@@H]3O)cc2)nn1)NC(=O)CCCNC(=O)CCCCn1cc(CCCCNC(=O)Nc2ccc(O[C@H]3O[C@H](CCP(=O)(O)O)[C@@H](O)[C@H](O)[C@@H]3O)cc2)nn1)OCCC(C)(C)OCCC(=O)Oc1c(F)c(F)c(F)c(F)c1F. The van der Waals surface area contributed by atoms with E-state index in [9.17, 15) is 120 Å². The molecule has 11 atom stereocenters. The Hall–Kier alpha value is -9.71. The van der Waals surface area contributed by atoms with Crippen molar-refractivity contribution < 1.29 is 172 Å². The van der Waals surface area contributed by atoms with Crippen LogP contribution in [0, 0.1) is 29.1 Å². The lowest BCUT2D eigenvalue weighted by Crippen LogP contribution is -2.59. The van der Waals surface area contributed by atoms with Crippen molar-refractivity contribution in [2.24, 2.45) is 0 Å². The molecular weight excluding hydrogens is 1940 g/mol. The molecule has 0 bridgehead atoms. The largest absolute Gasteiger partial charge is 0.462 e. The molecule has 2 aliphatic heterocycles. The van der Waals surface area contributed by atoms with E-state index in [1.165, 1.54) is 48.5 Å². The first kappa shape index (κ1) is 120. The molecule has 0 unspecified atom stereocenters. The zero-order valence-corrected chi connectivity index (χ0v) is 82.3. The molecule has 804 valence electrons. The van der Waals surface area contributed by atoms with Gasteiger partial charge in [0.25, 0.3) is 0 Å². The van der Waals surface area contributed by atoms with Gasteiger partial charge in [-0.25, -0.2) is 22.8 Å². The first-order valence-corrected chi connectivity index (χ1v) is 51.2. The molecule has 7 rings (SSSR count). The topological polar surface area (TPSA) is 644 Å². The third-order valence-electron chi connectivity index (χ3n) is 22.4. The normalized spacial score (nSPS) is 18.5. The monoisotopic (exact) mass is 2080 g/mol. The van der Waals surface area contributed by atoms with Crippen LogP contribution in [0.4, 0.5) is 42.9 Å². The summed E-state index contributed by atoms with van der Waals surface area (Å²) >= 11 is 0. The third-order valence-corrected chi connectivity index (χ3v) is 24.1. The number of urea groups is 2. The van der Waals surface area contributed by atoms with E-state index in [1.54, 1.807) is 23.2 Å². The van der Waals surface area contributed by atoms with Crippen LogP contribution >= 0.6 is 15.2 Å². The number of unbranched alkanes of at least 4 members (excludes halogenated alkanes) is 5. The molecule has 2 saturated heterocycles. The molecule has 143 heavy (non-hydrogen) atoms. The zero-order valence-electron chi connectivity index (χ0n) is 80.5. The Morgan fingerprint density at radius 1 is 0.427 bits per heavy atom. The van der Waals surface area contributed by atoms with Gasteiger partial charge in [0, 0.05) is 102 Å². The van der Waals surface area contributed by atoms with Crippen LogP contribution in [0.2, 0.25) is 0 Å². The number of aryl methyl sites for hydroxylation is 4. The maximum absolute atomic E-state index is 13.9. The summed E-state index contributed by atoms with van der Waals surface area (Å²) in [5.74, 6) is -15.5. The van der Waals surface area contributed by atoms with Gasteiger partial charge in [0.2, 0.25) is 77.0 Å². The Kier molecular flexibility index (Phi) is 52.9. The van der Waals surface area contributed by atoms with Crippen LogP contribution in [0.3, 0.4) is 0 Å². The number of aliphatic hydroxyl groups excluding tert-OH is 6. The number of esters is 1. The maximum Gasteiger partial charge on any atom is 0.325 e. The molecule has 0 spiro atoms. The summed E-state index contributed by atoms with van der Waals surface area (Å²) in [4.78, 5) is 139. The maximum atomic E-state index is 13.9. The average molecular weight is 2080 g/mol. The molecule has 2 aromatic heterocycles. The molecule has 0 aliphatic carbocycles. The van der Waals surface area contributed by atoms with Gasteiger partial charge >= 0.3 is 33.2 Å². The van der Waals surface area contributed by atoms with Crippen molar-refractivity contribution in [3.63, 3.8) is 0 Å². The summed E-state index contributed by atoms with van der Waals surface area (Å²) in [6.45, 7) is 11.4. The van der Waals surface area contributed by atoms with Crippen LogP contribution in [0.5, 0.6) is 17.2 Å². The van der Waals surface area contributed by atoms with E-state index in [2.05, 4.69) is 73.2 Å². The van der Waals surface area contributed by atoms with Gasteiger partial charge in [-0.15, -0.1) is 10.2 Å². The number of hydrogen-bond acceptors (Lipinski definition) is 31. The lowest BCUT2D eigenvalue weighted by molar-refractivity contribution is -0.272. The van der Waals surface area contributed by atoms with Crippen molar-refractivity contribution in [3.05, 3.63) is 101 Å². The van der Waals surface area contributed by atoms with Gasteiger partial charge in [-0.2, -0.15) is 8.78 Å². The number of rotatable bonds is 70. The van der Waals surface area contributed by atoms with E-state index in [0.717, 1.165) is 11.4 Å². The molecule has 53 heteroatoms. The van der Waals surface area contributed by atoms with Crippen LogP contribution in [-0.4, -0.2) is 324 Å². The van der Waals surface area contributed by atoms with Gasteiger partial charge in [-0.3, -0.25) is 47.3 Å². The van der Waals surface area contributed by atoms with Crippen LogP contribution in [-0.2, 0) is 102 Å². The first-order valence-electron chi connectivity index (χ1n) is 47.6. The smallest absolute Gasteiger partial charge is 0.325 e. The van der Waals surface area contributed by atoms with Crippen LogP contribution < -0.4 is 62.1 Å². The molecule has 0 saturated carbocycles. The molecular formula is C90H138F5N15O31P2. The van der Waals surface area contributed by atoms with Gasteiger partial charge < -0.3 is 150 Å². The number of halogens is 5. The summed E-state index contributed by atoms with van der Waals surface area (Å²) in [7, 11) is -8.87. The summed E-state index contributed by atoms with van der Waals surface area (Å²) in [5, 5.41) is 104. The third kappa shape index (κ3) is 47.6. The number of nitrogens with one attached hydrogen (secondary N) is 9. The highest BCUT2D eigenvalue weighted by atomic mass is 31.2. The zero-order chi connectivity index (χ0) is 104.